The fraction of sp³-hybridized carbons (Fsp3) is 0.333. The smallest absolute Gasteiger partial charge is 0.321 e. The number of amides is 5. The van der Waals surface area contributed by atoms with E-state index in [0.29, 0.717) is 6.42 Å². The van der Waals surface area contributed by atoms with E-state index < -0.39 is 30.3 Å². The Hall–Kier alpha value is -2.12. The molecule has 1 atom stereocenters. The summed E-state index contributed by atoms with van der Waals surface area (Å²) >= 11 is 11.7. The zero-order valence-electron chi connectivity index (χ0n) is 13.0. The van der Waals surface area contributed by atoms with E-state index in [1.165, 1.54) is 12.1 Å². The minimum absolute atomic E-state index is 0.0752. The number of carbonyl (C=O) groups excluding carboxylic acids is 4. The maximum Gasteiger partial charge on any atom is 0.321 e. The summed E-state index contributed by atoms with van der Waals surface area (Å²) in [5.74, 6) is -2.10. The van der Waals surface area contributed by atoms with E-state index in [9.17, 15) is 19.2 Å². The number of imide groups is 2. The van der Waals surface area contributed by atoms with Crippen molar-refractivity contribution in [2.45, 2.75) is 26.3 Å². The molecule has 0 saturated heterocycles. The monoisotopic (exact) mass is 371 g/mol. The molecule has 0 bridgehead atoms. The van der Waals surface area contributed by atoms with Gasteiger partial charge in [-0.15, -0.1) is 0 Å². The van der Waals surface area contributed by atoms with Crippen LogP contribution in [0.4, 0.5) is 4.79 Å². The summed E-state index contributed by atoms with van der Waals surface area (Å²) in [5.41, 5.74) is 0.150. The molecule has 128 valence electrons. The van der Waals surface area contributed by atoms with Crippen LogP contribution in [0.1, 0.15) is 41.0 Å². The van der Waals surface area contributed by atoms with Gasteiger partial charge in [-0.25, -0.2) is 4.79 Å². The quantitative estimate of drug-likeness (QED) is 0.793. The van der Waals surface area contributed by atoms with Crippen LogP contribution >= 0.6 is 23.2 Å². The van der Waals surface area contributed by atoms with Gasteiger partial charge in [0.05, 0.1) is 21.2 Å². The van der Waals surface area contributed by atoms with Crippen LogP contribution in [-0.2, 0) is 4.79 Å². The van der Waals surface area contributed by atoms with Gasteiger partial charge in [-0.2, -0.15) is 0 Å². The van der Waals surface area contributed by atoms with Crippen LogP contribution in [-0.4, -0.2) is 41.2 Å². The lowest BCUT2D eigenvalue weighted by Gasteiger charge is -2.15. The van der Waals surface area contributed by atoms with Gasteiger partial charge >= 0.3 is 6.03 Å². The van der Waals surface area contributed by atoms with Crippen molar-refractivity contribution in [2.75, 3.05) is 6.54 Å². The van der Waals surface area contributed by atoms with Gasteiger partial charge in [0, 0.05) is 6.04 Å². The third-order valence-electron chi connectivity index (χ3n) is 3.56. The third kappa shape index (κ3) is 3.68. The van der Waals surface area contributed by atoms with E-state index in [1.807, 2.05) is 6.92 Å². The van der Waals surface area contributed by atoms with Crippen LogP contribution in [0.2, 0.25) is 10.0 Å². The average molecular weight is 372 g/mol. The molecule has 24 heavy (non-hydrogen) atoms. The number of benzene rings is 1. The minimum atomic E-state index is -0.775. The van der Waals surface area contributed by atoms with Crippen LogP contribution in [0, 0.1) is 0 Å². The average Bonchev–Trinajstić information content (AvgIpc) is 2.72. The van der Waals surface area contributed by atoms with Gasteiger partial charge in [0.1, 0.15) is 6.54 Å². The minimum Gasteiger partial charge on any atom is -0.335 e. The van der Waals surface area contributed by atoms with Crippen LogP contribution in [0.5, 0.6) is 0 Å². The van der Waals surface area contributed by atoms with E-state index in [-0.39, 0.29) is 27.2 Å². The largest absolute Gasteiger partial charge is 0.335 e. The van der Waals surface area contributed by atoms with Gasteiger partial charge in [-0.05, 0) is 25.5 Å². The second-order valence-corrected chi connectivity index (χ2v) is 6.15. The zero-order chi connectivity index (χ0) is 18.0. The number of urea groups is 1. The van der Waals surface area contributed by atoms with Gasteiger partial charge in [0.15, 0.2) is 0 Å². The second-order valence-electron chi connectivity index (χ2n) is 5.34. The predicted molar refractivity (Wildman–Crippen MR) is 88.3 cm³/mol. The van der Waals surface area contributed by atoms with Gasteiger partial charge in [-0.3, -0.25) is 24.6 Å². The van der Waals surface area contributed by atoms with Crippen molar-refractivity contribution in [3.8, 4) is 0 Å². The number of nitrogens with one attached hydrogen (secondary N) is 2. The van der Waals surface area contributed by atoms with E-state index in [4.69, 9.17) is 23.2 Å². The molecule has 0 spiro atoms. The molecule has 1 heterocycles. The Kier molecular flexibility index (Phi) is 5.46. The summed E-state index contributed by atoms with van der Waals surface area (Å²) in [7, 11) is 0. The van der Waals surface area contributed by atoms with Crippen molar-refractivity contribution in [3.63, 3.8) is 0 Å². The highest BCUT2D eigenvalue weighted by molar-refractivity contribution is 6.43. The van der Waals surface area contributed by atoms with Gasteiger partial charge in [0.2, 0.25) is 5.91 Å². The lowest BCUT2D eigenvalue weighted by molar-refractivity contribution is -0.120. The standard InChI is InChI=1S/C15H15Cl2N3O4/c1-3-7(2)18-15(24)19-12(21)6-20-13(22)8-4-10(16)11(17)5-9(8)14(20)23/h4-5,7H,3,6H2,1-2H3,(H2,18,19,21,24)/t7-/m0/s1. The maximum atomic E-state index is 12.2. The van der Waals surface area contributed by atoms with Crippen molar-refractivity contribution < 1.29 is 19.2 Å². The van der Waals surface area contributed by atoms with Crippen LogP contribution < -0.4 is 10.6 Å². The van der Waals surface area contributed by atoms with Crippen molar-refractivity contribution in [1.29, 1.82) is 0 Å². The second kappa shape index (κ2) is 7.19. The molecule has 9 heteroatoms. The Bertz CT molecular complexity index is 695. The van der Waals surface area contributed by atoms with Gasteiger partial charge < -0.3 is 5.32 Å². The number of nitrogens with zero attached hydrogens (tertiary/aromatic N) is 1. The lowest BCUT2D eigenvalue weighted by atomic mass is 10.1. The van der Waals surface area contributed by atoms with Crippen molar-refractivity contribution in [1.82, 2.24) is 15.5 Å². The Labute approximate surface area is 148 Å². The Morgan fingerprint density at radius 2 is 1.62 bits per heavy atom. The fourth-order valence-electron chi connectivity index (χ4n) is 2.10. The zero-order valence-corrected chi connectivity index (χ0v) is 14.5. The molecule has 2 N–H and O–H groups in total. The van der Waals surface area contributed by atoms with Crippen molar-refractivity contribution >= 4 is 47.0 Å². The normalized spacial score (nSPS) is 14.4. The molecular formula is C15H15Cl2N3O4. The van der Waals surface area contributed by atoms with E-state index in [2.05, 4.69) is 10.6 Å². The Morgan fingerprint density at radius 3 is 2.08 bits per heavy atom. The highest BCUT2D eigenvalue weighted by Crippen LogP contribution is 2.31. The summed E-state index contributed by atoms with van der Waals surface area (Å²) in [4.78, 5) is 48.7. The fourth-order valence-corrected chi connectivity index (χ4v) is 2.43. The number of hydrogen-bond donors (Lipinski definition) is 2. The molecule has 1 aliphatic heterocycles. The summed E-state index contributed by atoms with van der Waals surface area (Å²) in [5, 5.41) is 4.89. The van der Waals surface area contributed by atoms with Crippen molar-refractivity contribution in [2.24, 2.45) is 0 Å². The molecule has 0 unspecified atom stereocenters. The molecule has 0 fully saturated rings. The van der Waals surface area contributed by atoms with Crippen LogP contribution in [0.3, 0.4) is 0 Å². The molecule has 1 aromatic rings. The number of carbonyl (C=O) groups is 4. The number of fused-ring (bicyclic) bond motifs is 1. The topological polar surface area (TPSA) is 95.6 Å². The first-order valence-corrected chi connectivity index (χ1v) is 7.95. The van der Waals surface area contributed by atoms with E-state index in [0.717, 1.165) is 4.90 Å². The molecule has 2 rings (SSSR count). The molecule has 0 radical (unpaired) electrons. The molecule has 1 aromatic carbocycles. The highest BCUT2D eigenvalue weighted by atomic mass is 35.5. The van der Waals surface area contributed by atoms with Crippen LogP contribution in [0.15, 0.2) is 12.1 Å². The summed E-state index contributed by atoms with van der Waals surface area (Å²) in [6.45, 7) is 3.08. The SMILES string of the molecule is CC[C@H](C)NC(=O)NC(=O)CN1C(=O)c2cc(Cl)c(Cl)cc2C1=O. The molecule has 0 saturated carbocycles. The third-order valence-corrected chi connectivity index (χ3v) is 4.28. The highest BCUT2D eigenvalue weighted by Gasteiger charge is 2.37. The number of hydrogen-bond acceptors (Lipinski definition) is 4. The molecule has 0 aliphatic carbocycles. The molecular weight excluding hydrogens is 357 g/mol. The Balaban J connectivity index is 2.06. The molecule has 1 aliphatic rings. The summed E-state index contributed by atoms with van der Waals surface area (Å²) in [6, 6.07) is 1.78. The van der Waals surface area contributed by atoms with E-state index in [1.54, 1.807) is 6.92 Å². The predicted octanol–water partition coefficient (Wildman–Crippen LogP) is 2.21. The number of rotatable bonds is 4. The van der Waals surface area contributed by atoms with Crippen LogP contribution in [0.25, 0.3) is 0 Å². The Morgan fingerprint density at radius 1 is 1.12 bits per heavy atom. The maximum absolute atomic E-state index is 12.2. The van der Waals surface area contributed by atoms with Gasteiger partial charge in [-0.1, -0.05) is 30.1 Å². The first-order valence-electron chi connectivity index (χ1n) is 7.20. The molecule has 0 aromatic heterocycles. The summed E-state index contributed by atoms with van der Waals surface area (Å²) in [6.07, 6.45) is 0.696. The summed E-state index contributed by atoms with van der Waals surface area (Å²) < 4.78 is 0. The molecule has 5 amide bonds. The first-order chi connectivity index (χ1) is 11.2. The van der Waals surface area contributed by atoms with Crippen molar-refractivity contribution in [3.05, 3.63) is 33.3 Å². The number of halogens is 2. The lowest BCUT2D eigenvalue weighted by Crippen LogP contribution is -2.47. The first kappa shape index (κ1) is 18.2. The van der Waals surface area contributed by atoms with Gasteiger partial charge in [0.25, 0.3) is 11.8 Å². The van der Waals surface area contributed by atoms with E-state index >= 15 is 0 Å². The molecule has 7 nitrogen and oxygen atoms in total.